The Balaban J connectivity index is 1.71. The lowest BCUT2D eigenvalue weighted by molar-refractivity contribution is -0.135. The van der Waals surface area contributed by atoms with Crippen LogP contribution in [0.5, 0.6) is 0 Å². The third-order valence-electron chi connectivity index (χ3n) is 5.68. The summed E-state index contributed by atoms with van der Waals surface area (Å²) in [4.78, 5) is 26.4. The van der Waals surface area contributed by atoms with Crippen molar-refractivity contribution in [1.29, 1.82) is 0 Å². The van der Waals surface area contributed by atoms with Crippen LogP contribution in [0.15, 0.2) is 24.3 Å². The molecule has 6 heteroatoms. The molecule has 158 valence electrons. The molecule has 1 N–H and O–H groups in total. The zero-order valence-electron chi connectivity index (χ0n) is 18.2. The van der Waals surface area contributed by atoms with Gasteiger partial charge in [-0.2, -0.15) is 0 Å². The molecule has 0 radical (unpaired) electrons. The summed E-state index contributed by atoms with van der Waals surface area (Å²) in [6, 6.07) is 8.07. The Kier molecular flexibility index (Phi) is 7.81. The Morgan fingerprint density at radius 3 is 2.52 bits per heavy atom. The quantitative estimate of drug-likeness (QED) is 0.540. The molecule has 0 saturated heterocycles. The number of anilines is 1. The number of amides is 1. The van der Waals surface area contributed by atoms with Gasteiger partial charge in [-0.25, -0.2) is 9.97 Å². The first-order valence-electron chi connectivity index (χ1n) is 10.9. The predicted molar refractivity (Wildman–Crippen MR) is 119 cm³/mol. The van der Waals surface area contributed by atoms with E-state index in [4.69, 9.17) is 9.97 Å². The summed E-state index contributed by atoms with van der Waals surface area (Å²) in [5.41, 5.74) is 0.919. The fourth-order valence-electron chi connectivity index (χ4n) is 4.06. The van der Waals surface area contributed by atoms with Gasteiger partial charge in [0, 0.05) is 24.9 Å². The number of rotatable bonds is 8. The first-order chi connectivity index (χ1) is 14.0. The van der Waals surface area contributed by atoms with Crippen molar-refractivity contribution >= 4 is 22.6 Å². The Bertz CT molecular complexity index is 799. The molecule has 0 bridgehead atoms. The number of benzene rings is 1. The minimum absolute atomic E-state index is 0.159. The summed E-state index contributed by atoms with van der Waals surface area (Å²) < 4.78 is 0. The lowest BCUT2D eigenvalue weighted by Gasteiger charge is -2.22. The Morgan fingerprint density at radius 1 is 1.07 bits per heavy atom. The highest BCUT2D eigenvalue weighted by atomic mass is 16.2. The first-order valence-corrected chi connectivity index (χ1v) is 10.9. The van der Waals surface area contributed by atoms with Crippen LogP contribution in [0.4, 0.5) is 5.82 Å². The van der Waals surface area contributed by atoms with E-state index in [1.165, 1.54) is 12.8 Å². The second-order valence-electron chi connectivity index (χ2n) is 8.47. The molecule has 1 aromatic carbocycles. The highest BCUT2D eigenvalue weighted by Gasteiger charge is 2.24. The van der Waals surface area contributed by atoms with Gasteiger partial charge in [-0.15, -0.1) is 0 Å². The molecule has 1 fully saturated rings. The van der Waals surface area contributed by atoms with E-state index in [1.807, 2.05) is 36.2 Å². The number of carbonyl (C=O) groups excluding carboxylic acids is 1. The number of hydrogen-bond donors (Lipinski definition) is 1. The van der Waals surface area contributed by atoms with Crippen LogP contribution in [0.3, 0.4) is 0 Å². The highest BCUT2D eigenvalue weighted by molar-refractivity contribution is 5.89. The molecule has 0 atom stereocenters. The van der Waals surface area contributed by atoms with E-state index in [1.54, 1.807) is 0 Å². The lowest BCUT2D eigenvalue weighted by atomic mass is 9.99. The molecule has 1 aliphatic rings. The molecular weight excluding hydrogens is 362 g/mol. The smallest absolute Gasteiger partial charge is 0.225 e. The van der Waals surface area contributed by atoms with Crippen LogP contribution in [0.1, 0.15) is 50.8 Å². The van der Waals surface area contributed by atoms with Crippen molar-refractivity contribution in [3.63, 3.8) is 0 Å². The second kappa shape index (κ2) is 10.5. The van der Waals surface area contributed by atoms with Gasteiger partial charge in [0.05, 0.1) is 12.1 Å². The standard InChI is InChI=1S/C23H35N5O/c1-27(2)16-10-15-24-22-19-13-8-9-14-20(19)25-21(26-22)17-28(3)23(29)18-11-6-4-5-7-12-18/h8-9,13-14,18H,4-7,10-12,15-17H2,1-3H3,(H,24,25,26). The molecular formula is C23H35N5O. The monoisotopic (exact) mass is 397 g/mol. The van der Waals surface area contributed by atoms with Crippen LogP contribution >= 0.6 is 0 Å². The molecule has 2 aromatic rings. The number of aromatic nitrogens is 2. The summed E-state index contributed by atoms with van der Waals surface area (Å²) in [6.45, 7) is 2.34. The van der Waals surface area contributed by atoms with E-state index < -0.39 is 0 Å². The number of carbonyl (C=O) groups is 1. The van der Waals surface area contributed by atoms with Crippen molar-refractivity contribution in [3.8, 4) is 0 Å². The molecule has 3 rings (SSSR count). The fraction of sp³-hybridized carbons (Fsp3) is 0.609. The van der Waals surface area contributed by atoms with Gasteiger partial charge in [-0.1, -0.05) is 37.8 Å². The van der Waals surface area contributed by atoms with Crippen molar-refractivity contribution < 1.29 is 4.79 Å². The maximum Gasteiger partial charge on any atom is 0.225 e. The number of para-hydroxylation sites is 1. The van der Waals surface area contributed by atoms with E-state index in [2.05, 4.69) is 24.3 Å². The van der Waals surface area contributed by atoms with Gasteiger partial charge in [0.2, 0.25) is 5.91 Å². The minimum atomic E-state index is 0.159. The predicted octanol–water partition coefficient (Wildman–Crippen LogP) is 3.92. The normalized spacial score (nSPS) is 15.4. The molecule has 0 unspecified atom stereocenters. The summed E-state index contributed by atoms with van der Waals surface area (Å²) in [6.07, 6.45) is 7.91. The topological polar surface area (TPSA) is 61.4 Å². The van der Waals surface area contributed by atoms with Gasteiger partial charge in [0.1, 0.15) is 5.82 Å². The van der Waals surface area contributed by atoms with Crippen LogP contribution in [0, 0.1) is 5.92 Å². The maximum absolute atomic E-state index is 12.9. The average Bonchev–Trinajstić information content (AvgIpc) is 3.00. The van der Waals surface area contributed by atoms with Crippen molar-refractivity contribution in [2.75, 3.05) is 39.5 Å². The van der Waals surface area contributed by atoms with E-state index in [0.29, 0.717) is 12.4 Å². The van der Waals surface area contributed by atoms with E-state index in [-0.39, 0.29) is 11.8 Å². The third-order valence-corrected chi connectivity index (χ3v) is 5.68. The van der Waals surface area contributed by atoms with Gasteiger partial charge in [0.25, 0.3) is 0 Å². The van der Waals surface area contributed by atoms with Crippen molar-refractivity contribution in [2.45, 2.75) is 51.5 Å². The van der Waals surface area contributed by atoms with Crippen LogP contribution in [-0.4, -0.2) is 59.9 Å². The van der Waals surface area contributed by atoms with E-state index in [9.17, 15) is 4.79 Å². The Labute approximate surface area is 174 Å². The molecule has 29 heavy (non-hydrogen) atoms. The van der Waals surface area contributed by atoms with Crippen molar-refractivity contribution in [2.24, 2.45) is 5.92 Å². The Hall–Kier alpha value is -2.21. The zero-order valence-corrected chi connectivity index (χ0v) is 18.2. The van der Waals surface area contributed by atoms with Crippen LogP contribution in [0.25, 0.3) is 10.9 Å². The van der Waals surface area contributed by atoms with Crippen LogP contribution in [-0.2, 0) is 11.3 Å². The molecule has 1 amide bonds. The summed E-state index contributed by atoms with van der Waals surface area (Å²) in [7, 11) is 6.05. The molecule has 1 heterocycles. The molecule has 1 saturated carbocycles. The van der Waals surface area contributed by atoms with E-state index >= 15 is 0 Å². The third kappa shape index (κ3) is 6.13. The molecule has 0 aliphatic heterocycles. The summed E-state index contributed by atoms with van der Waals surface area (Å²) in [5, 5.41) is 4.50. The average molecular weight is 398 g/mol. The first kappa shape index (κ1) is 21.5. The van der Waals surface area contributed by atoms with Crippen molar-refractivity contribution in [3.05, 3.63) is 30.1 Å². The molecule has 6 nitrogen and oxygen atoms in total. The van der Waals surface area contributed by atoms with Gasteiger partial charge in [0.15, 0.2) is 5.82 Å². The maximum atomic E-state index is 12.9. The fourth-order valence-corrected chi connectivity index (χ4v) is 4.06. The van der Waals surface area contributed by atoms with Crippen molar-refractivity contribution in [1.82, 2.24) is 19.8 Å². The van der Waals surface area contributed by atoms with Gasteiger partial charge in [-0.05, 0) is 52.0 Å². The summed E-state index contributed by atoms with van der Waals surface area (Å²) in [5.74, 6) is 1.96. The molecule has 0 spiro atoms. The number of hydrogen-bond acceptors (Lipinski definition) is 5. The second-order valence-corrected chi connectivity index (χ2v) is 8.47. The van der Waals surface area contributed by atoms with Gasteiger partial charge < -0.3 is 15.1 Å². The van der Waals surface area contributed by atoms with E-state index in [0.717, 1.165) is 61.9 Å². The lowest BCUT2D eigenvalue weighted by Crippen LogP contribution is -2.33. The number of fused-ring (bicyclic) bond motifs is 1. The minimum Gasteiger partial charge on any atom is -0.369 e. The van der Waals surface area contributed by atoms with Crippen LogP contribution < -0.4 is 5.32 Å². The van der Waals surface area contributed by atoms with Gasteiger partial charge in [-0.3, -0.25) is 4.79 Å². The van der Waals surface area contributed by atoms with Gasteiger partial charge >= 0.3 is 0 Å². The number of nitrogens with zero attached hydrogens (tertiary/aromatic N) is 4. The highest BCUT2D eigenvalue weighted by Crippen LogP contribution is 2.25. The zero-order chi connectivity index (χ0) is 20.6. The molecule has 1 aliphatic carbocycles. The Morgan fingerprint density at radius 2 is 1.79 bits per heavy atom. The molecule has 1 aromatic heterocycles. The number of nitrogens with one attached hydrogen (secondary N) is 1. The van der Waals surface area contributed by atoms with Crippen LogP contribution in [0.2, 0.25) is 0 Å². The SMILES string of the molecule is CN(C)CCCNc1nc(CN(C)C(=O)C2CCCCCC2)nc2ccccc12. The largest absolute Gasteiger partial charge is 0.369 e. The summed E-state index contributed by atoms with van der Waals surface area (Å²) >= 11 is 0.